The highest BCUT2D eigenvalue weighted by Gasteiger charge is 2.16. The summed E-state index contributed by atoms with van der Waals surface area (Å²) in [5.41, 5.74) is 5.64. The fourth-order valence-electron chi connectivity index (χ4n) is 1.44. The minimum Gasteiger partial charge on any atom is -0.492 e. The number of amides is 1. The Morgan fingerprint density at radius 1 is 1.53 bits per heavy atom. The molecule has 1 aromatic rings. The van der Waals surface area contributed by atoms with E-state index in [-0.39, 0.29) is 12.3 Å². The topological polar surface area (TPSA) is 55.6 Å². The molecule has 1 atom stereocenters. The van der Waals surface area contributed by atoms with Gasteiger partial charge in [0.2, 0.25) is 5.91 Å². The van der Waals surface area contributed by atoms with Gasteiger partial charge in [0.05, 0.1) is 12.6 Å². The Morgan fingerprint density at radius 3 is 2.74 bits per heavy atom. The predicted octanol–water partition coefficient (Wildman–Crippen LogP) is 1.53. The Labute approximate surface area is 118 Å². The molecular weight excluding hydrogens is 264 g/mol. The van der Waals surface area contributed by atoms with Crippen LogP contribution in [0.4, 0.5) is 0 Å². The van der Waals surface area contributed by atoms with Gasteiger partial charge < -0.3 is 15.4 Å². The molecule has 0 saturated heterocycles. The highest BCUT2D eigenvalue weighted by Crippen LogP contribution is 2.15. The molecule has 5 heteroatoms. The monoisotopic (exact) mass is 280 g/mol. The summed E-state index contributed by atoms with van der Waals surface area (Å²) >= 11 is 5.76. The summed E-state index contributed by atoms with van der Waals surface area (Å²) in [5, 5.41) is 0.653. The summed E-state index contributed by atoms with van der Waals surface area (Å²) in [6, 6.07) is 6.39. The Bertz CT molecular complexity index is 454. The molecule has 1 rings (SSSR count). The zero-order valence-corrected chi connectivity index (χ0v) is 11.6. The molecule has 1 aromatic carbocycles. The number of carbonyl (C=O) groups is 1. The maximum atomic E-state index is 11.8. The van der Waals surface area contributed by atoms with E-state index in [1.807, 2.05) is 0 Å². The zero-order chi connectivity index (χ0) is 14.3. The van der Waals surface area contributed by atoms with Crippen molar-refractivity contribution in [2.45, 2.75) is 12.5 Å². The lowest BCUT2D eigenvalue weighted by Crippen LogP contribution is -2.43. The molecule has 19 heavy (non-hydrogen) atoms. The second-order valence-electron chi connectivity index (χ2n) is 4.08. The van der Waals surface area contributed by atoms with Crippen molar-refractivity contribution < 1.29 is 9.53 Å². The molecule has 102 valence electrons. The van der Waals surface area contributed by atoms with Gasteiger partial charge in [0.1, 0.15) is 12.4 Å². The lowest BCUT2D eigenvalue weighted by atomic mass is 10.2. The summed E-state index contributed by atoms with van der Waals surface area (Å²) < 4.78 is 5.49. The molecule has 0 aliphatic rings. The van der Waals surface area contributed by atoms with E-state index in [0.717, 1.165) is 0 Å². The number of likely N-dealkylation sites (N-methyl/N-ethyl adjacent to an activating group) is 1. The van der Waals surface area contributed by atoms with Crippen LogP contribution >= 0.6 is 11.6 Å². The molecule has 4 nitrogen and oxygen atoms in total. The van der Waals surface area contributed by atoms with E-state index in [0.29, 0.717) is 23.9 Å². The van der Waals surface area contributed by atoms with Crippen molar-refractivity contribution in [2.24, 2.45) is 5.73 Å². The van der Waals surface area contributed by atoms with Crippen molar-refractivity contribution in [1.82, 2.24) is 4.90 Å². The first kappa shape index (κ1) is 15.4. The molecular formula is C14H17ClN2O2. The third-order valence-electron chi connectivity index (χ3n) is 2.54. The standard InChI is InChI=1S/C14H17ClN2O2/c1-3-4-13(16)14(18)17(2)9-10-19-12-7-5-11(15)6-8-12/h1,5-8,13H,4,9-10,16H2,2H3. The zero-order valence-electron chi connectivity index (χ0n) is 10.8. The molecule has 1 amide bonds. The third kappa shape index (κ3) is 5.21. The lowest BCUT2D eigenvalue weighted by Gasteiger charge is -2.20. The Morgan fingerprint density at radius 2 is 2.16 bits per heavy atom. The maximum Gasteiger partial charge on any atom is 0.240 e. The third-order valence-corrected chi connectivity index (χ3v) is 2.79. The van der Waals surface area contributed by atoms with Crippen LogP contribution in [-0.2, 0) is 4.79 Å². The van der Waals surface area contributed by atoms with Gasteiger partial charge in [-0.1, -0.05) is 11.6 Å². The van der Waals surface area contributed by atoms with Gasteiger partial charge in [-0.3, -0.25) is 4.79 Å². The number of halogens is 1. The van der Waals surface area contributed by atoms with Gasteiger partial charge in [-0.05, 0) is 24.3 Å². The number of rotatable bonds is 6. The number of terminal acetylenes is 1. The average molecular weight is 281 g/mol. The number of benzene rings is 1. The van der Waals surface area contributed by atoms with Crippen molar-refractivity contribution in [2.75, 3.05) is 20.2 Å². The largest absolute Gasteiger partial charge is 0.492 e. The van der Waals surface area contributed by atoms with Crippen LogP contribution in [0.25, 0.3) is 0 Å². The lowest BCUT2D eigenvalue weighted by molar-refractivity contribution is -0.131. The van der Waals surface area contributed by atoms with Crippen LogP contribution in [0.2, 0.25) is 5.02 Å². The molecule has 0 fully saturated rings. The van der Waals surface area contributed by atoms with Gasteiger partial charge in [0, 0.05) is 18.5 Å². The summed E-state index contributed by atoms with van der Waals surface area (Å²) in [7, 11) is 1.67. The highest BCUT2D eigenvalue weighted by molar-refractivity contribution is 6.30. The van der Waals surface area contributed by atoms with Gasteiger partial charge in [0.15, 0.2) is 0 Å². The molecule has 0 radical (unpaired) electrons. The van der Waals surface area contributed by atoms with E-state index >= 15 is 0 Å². The smallest absolute Gasteiger partial charge is 0.240 e. The predicted molar refractivity (Wildman–Crippen MR) is 76.0 cm³/mol. The summed E-state index contributed by atoms with van der Waals surface area (Å²) in [6.45, 7) is 0.826. The van der Waals surface area contributed by atoms with Crippen LogP contribution in [0.15, 0.2) is 24.3 Å². The van der Waals surface area contributed by atoms with Gasteiger partial charge >= 0.3 is 0 Å². The molecule has 0 heterocycles. The fraction of sp³-hybridized carbons (Fsp3) is 0.357. The maximum absolute atomic E-state index is 11.8. The fourth-order valence-corrected chi connectivity index (χ4v) is 1.56. The number of nitrogens with two attached hydrogens (primary N) is 1. The van der Waals surface area contributed by atoms with E-state index in [1.54, 1.807) is 31.3 Å². The number of nitrogens with zero attached hydrogens (tertiary/aromatic N) is 1. The van der Waals surface area contributed by atoms with Gasteiger partial charge in [0.25, 0.3) is 0 Å². The van der Waals surface area contributed by atoms with Crippen LogP contribution in [0.3, 0.4) is 0 Å². The SMILES string of the molecule is C#CCC(N)C(=O)N(C)CCOc1ccc(Cl)cc1. The summed E-state index contributed by atoms with van der Waals surface area (Å²) in [5.74, 6) is 2.90. The van der Waals surface area contributed by atoms with E-state index in [4.69, 9.17) is 28.5 Å². The Balaban J connectivity index is 2.34. The first-order valence-electron chi connectivity index (χ1n) is 5.87. The van der Waals surface area contributed by atoms with E-state index < -0.39 is 6.04 Å². The summed E-state index contributed by atoms with van der Waals surface area (Å²) in [4.78, 5) is 13.3. The number of hydrogen-bond acceptors (Lipinski definition) is 3. The average Bonchev–Trinajstić information content (AvgIpc) is 2.40. The molecule has 0 spiro atoms. The molecule has 1 unspecified atom stereocenters. The second kappa shape index (κ2) is 7.67. The van der Waals surface area contributed by atoms with Crippen LogP contribution in [0.5, 0.6) is 5.75 Å². The minimum atomic E-state index is -0.648. The van der Waals surface area contributed by atoms with Crippen LogP contribution in [0, 0.1) is 12.3 Å². The highest BCUT2D eigenvalue weighted by atomic mass is 35.5. The van der Waals surface area contributed by atoms with E-state index in [1.165, 1.54) is 4.90 Å². The molecule has 0 aliphatic heterocycles. The van der Waals surface area contributed by atoms with Gasteiger partial charge in [-0.2, -0.15) is 0 Å². The summed E-state index contributed by atoms with van der Waals surface area (Å²) in [6.07, 6.45) is 5.36. The van der Waals surface area contributed by atoms with Gasteiger partial charge in [-0.25, -0.2) is 0 Å². The van der Waals surface area contributed by atoms with Crippen LogP contribution in [0.1, 0.15) is 6.42 Å². The first-order valence-corrected chi connectivity index (χ1v) is 6.24. The quantitative estimate of drug-likeness (QED) is 0.804. The number of hydrogen-bond donors (Lipinski definition) is 1. The van der Waals surface area contributed by atoms with Crippen LogP contribution < -0.4 is 10.5 Å². The van der Waals surface area contributed by atoms with Crippen molar-refractivity contribution in [3.8, 4) is 18.1 Å². The Hall–Kier alpha value is -1.70. The van der Waals surface area contributed by atoms with Gasteiger partial charge in [-0.15, -0.1) is 12.3 Å². The first-order chi connectivity index (χ1) is 9.04. The van der Waals surface area contributed by atoms with Crippen molar-refractivity contribution in [3.05, 3.63) is 29.3 Å². The number of ether oxygens (including phenoxy) is 1. The normalized spacial score (nSPS) is 11.5. The molecule has 0 aromatic heterocycles. The molecule has 0 aliphatic carbocycles. The molecule has 0 bridgehead atoms. The van der Waals surface area contributed by atoms with Crippen molar-refractivity contribution in [3.63, 3.8) is 0 Å². The Kier molecular flexibility index (Phi) is 6.20. The molecule has 0 saturated carbocycles. The second-order valence-corrected chi connectivity index (χ2v) is 4.51. The van der Waals surface area contributed by atoms with Crippen molar-refractivity contribution in [1.29, 1.82) is 0 Å². The molecule has 2 N–H and O–H groups in total. The number of carbonyl (C=O) groups excluding carboxylic acids is 1. The minimum absolute atomic E-state index is 0.183. The van der Waals surface area contributed by atoms with Crippen LogP contribution in [-0.4, -0.2) is 37.0 Å². The van der Waals surface area contributed by atoms with Crippen molar-refractivity contribution >= 4 is 17.5 Å². The van der Waals surface area contributed by atoms with E-state index in [2.05, 4.69) is 5.92 Å². The van der Waals surface area contributed by atoms with E-state index in [9.17, 15) is 4.79 Å².